The van der Waals surface area contributed by atoms with Crippen molar-refractivity contribution >= 4 is 39.7 Å². The second-order valence-corrected chi connectivity index (χ2v) is 8.48. The molecule has 0 radical (unpaired) electrons. The average molecular weight is 482 g/mol. The Morgan fingerprint density at radius 3 is 2.34 bits per heavy atom. The van der Waals surface area contributed by atoms with E-state index in [9.17, 15) is 26.4 Å². The fraction of sp³-hybridized carbons (Fsp3) is 0.0455. The molecular formula is C22H15ClF3NO4S. The van der Waals surface area contributed by atoms with Crippen LogP contribution in [0.4, 0.5) is 18.9 Å². The van der Waals surface area contributed by atoms with Gasteiger partial charge in [-0.2, -0.15) is 0 Å². The molecule has 0 saturated carbocycles. The number of carbonyl (C=O) groups excluding carboxylic acids is 1. The normalized spacial score (nSPS) is 11.2. The lowest BCUT2D eigenvalue weighted by molar-refractivity contribution is 0.111. The van der Waals surface area contributed by atoms with Crippen LogP contribution in [0.1, 0.15) is 15.9 Å². The van der Waals surface area contributed by atoms with Crippen LogP contribution in [-0.2, 0) is 10.0 Å². The van der Waals surface area contributed by atoms with Gasteiger partial charge in [-0.25, -0.2) is 21.6 Å². The highest BCUT2D eigenvalue weighted by molar-refractivity contribution is 7.92. The summed E-state index contributed by atoms with van der Waals surface area (Å²) in [5.41, 5.74) is -0.426. The number of carbonyl (C=O) groups is 1. The van der Waals surface area contributed by atoms with E-state index in [0.717, 1.165) is 13.2 Å². The van der Waals surface area contributed by atoms with E-state index >= 15 is 0 Å². The van der Waals surface area contributed by atoms with Gasteiger partial charge in [0.2, 0.25) is 0 Å². The molecule has 1 N–H and O–H groups in total. The molecule has 0 aromatic heterocycles. The van der Waals surface area contributed by atoms with Crippen molar-refractivity contribution in [3.63, 3.8) is 0 Å². The molecule has 0 unspecified atom stereocenters. The van der Waals surface area contributed by atoms with Crippen LogP contribution >= 0.6 is 11.6 Å². The molecule has 3 rings (SSSR count). The number of hydrogen-bond acceptors (Lipinski definition) is 4. The molecule has 166 valence electrons. The van der Waals surface area contributed by atoms with E-state index in [1.165, 1.54) is 6.08 Å². The molecular weight excluding hydrogens is 467 g/mol. The van der Waals surface area contributed by atoms with Crippen LogP contribution < -0.4 is 9.46 Å². The van der Waals surface area contributed by atoms with Gasteiger partial charge in [-0.05, 0) is 23.3 Å². The SMILES string of the molecule is C=Cc1ccccc1-c1cc(NS(=O)(=O)c2cc(C=O)c(F)c(Cl)c2OC)c(F)cc1F. The third kappa shape index (κ3) is 4.21. The minimum atomic E-state index is -4.65. The highest BCUT2D eigenvalue weighted by Gasteiger charge is 2.28. The molecule has 3 aromatic carbocycles. The number of nitrogens with one attached hydrogen (secondary N) is 1. The van der Waals surface area contributed by atoms with Crippen molar-refractivity contribution in [1.82, 2.24) is 0 Å². The topological polar surface area (TPSA) is 72.5 Å². The Labute approximate surface area is 187 Å². The first-order chi connectivity index (χ1) is 15.1. The molecule has 0 amide bonds. The van der Waals surface area contributed by atoms with Crippen LogP contribution in [0.2, 0.25) is 5.02 Å². The molecule has 5 nitrogen and oxygen atoms in total. The molecule has 0 saturated heterocycles. The summed E-state index contributed by atoms with van der Waals surface area (Å²) in [6, 6.07) is 8.74. The van der Waals surface area contributed by atoms with Crippen molar-refractivity contribution in [3.8, 4) is 16.9 Å². The van der Waals surface area contributed by atoms with Gasteiger partial charge < -0.3 is 4.74 Å². The van der Waals surface area contributed by atoms with Gasteiger partial charge in [0.15, 0.2) is 17.9 Å². The first-order valence-corrected chi connectivity index (χ1v) is 10.8. The van der Waals surface area contributed by atoms with Crippen LogP contribution in [0.15, 0.2) is 53.9 Å². The predicted molar refractivity (Wildman–Crippen MR) is 116 cm³/mol. The van der Waals surface area contributed by atoms with E-state index < -0.39 is 54.4 Å². The first-order valence-electron chi connectivity index (χ1n) is 8.89. The minimum absolute atomic E-state index is 0.0719. The molecule has 0 spiro atoms. The maximum absolute atomic E-state index is 14.5. The van der Waals surface area contributed by atoms with Crippen LogP contribution in [0.5, 0.6) is 5.75 Å². The highest BCUT2D eigenvalue weighted by atomic mass is 35.5. The smallest absolute Gasteiger partial charge is 0.265 e. The maximum atomic E-state index is 14.5. The molecule has 0 atom stereocenters. The molecule has 3 aromatic rings. The van der Waals surface area contributed by atoms with Crippen molar-refractivity contribution in [2.75, 3.05) is 11.8 Å². The summed E-state index contributed by atoms with van der Waals surface area (Å²) in [4.78, 5) is 10.4. The van der Waals surface area contributed by atoms with Crippen LogP contribution in [0, 0.1) is 17.5 Å². The molecule has 0 fully saturated rings. The number of aldehydes is 1. The number of anilines is 1. The molecule has 0 aliphatic heterocycles. The van der Waals surface area contributed by atoms with Gasteiger partial charge in [0.05, 0.1) is 18.4 Å². The number of ether oxygens (including phenoxy) is 1. The van der Waals surface area contributed by atoms with Crippen molar-refractivity contribution in [3.05, 3.63) is 82.6 Å². The molecule has 32 heavy (non-hydrogen) atoms. The predicted octanol–water partition coefficient (Wildman–Crippen LogP) is 5.69. The Bertz CT molecular complexity index is 1340. The Morgan fingerprint density at radius 2 is 1.72 bits per heavy atom. The lowest BCUT2D eigenvalue weighted by Crippen LogP contribution is -2.16. The van der Waals surface area contributed by atoms with Gasteiger partial charge in [-0.15, -0.1) is 0 Å². The highest BCUT2D eigenvalue weighted by Crippen LogP contribution is 2.38. The quantitative estimate of drug-likeness (QED) is 0.440. The number of methoxy groups -OCH3 is 1. The minimum Gasteiger partial charge on any atom is -0.494 e. The van der Waals surface area contributed by atoms with E-state index in [1.807, 2.05) is 4.72 Å². The number of halogens is 4. The number of benzene rings is 3. The summed E-state index contributed by atoms with van der Waals surface area (Å²) in [6.45, 7) is 3.64. The zero-order valence-corrected chi connectivity index (χ0v) is 18.0. The maximum Gasteiger partial charge on any atom is 0.265 e. The van der Waals surface area contributed by atoms with Gasteiger partial charge in [-0.1, -0.05) is 48.5 Å². The van der Waals surface area contributed by atoms with E-state index in [0.29, 0.717) is 23.3 Å². The molecule has 0 bridgehead atoms. The van der Waals surface area contributed by atoms with Crippen molar-refractivity contribution in [2.24, 2.45) is 0 Å². The van der Waals surface area contributed by atoms with E-state index in [4.69, 9.17) is 16.3 Å². The van der Waals surface area contributed by atoms with Gasteiger partial charge in [0, 0.05) is 11.6 Å². The summed E-state index contributed by atoms with van der Waals surface area (Å²) in [6.07, 6.45) is 1.54. The third-order valence-electron chi connectivity index (χ3n) is 4.55. The van der Waals surface area contributed by atoms with Crippen molar-refractivity contribution in [1.29, 1.82) is 0 Å². The fourth-order valence-corrected chi connectivity index (χ4v) is 4.65. The van der Waals surface area contributed by atoms with Gasteiger partial charge in [-0.3, -0.25) is 9.52 Å². The lowest BCUT2D eigenvalue weighted by atomic mass is 9.98. The zero-order valence-electron chi connectivity index (χ0n) is 16.5. The summed E-state index contributed by atoms with van der Waals surface area (Å²) in [7, 11) is -3.60. The second kappa shape index (κ2) is 9.05. The van der Waals surface area contributed by atoms with E-state index in [2.05, 4.69) is 6.58 Å². The standard InChI is InChI=1S/C22H15ClF3NO4S/c1-3-12-6-4-5-7-14(12)15-9-18(17(25)10-16(15)24)27-32(29,30)19-8-13(11-28)21(26)20(23)22(19)31-2/h3-11,27H,1H2,2H3. The largest absolute Gasteiger partial charge is 0.494 e. The monoisotopic (exact) mass is 481 g/mol. The number of hydrogen-bond donors (Lipinski definition) is 1. The Hall–Kier alpha value is -3.30. The van der Waals surface area contributed by atoms with E-state index in [-0.39, 0.29) is 11.8 Å². The first kappa shape index (κ1) is 23.4. The Balaban J connectivity index is 2.16. The van der Waals surface area contributed by atoms with Gasteiger partial charge in [0.1, 0.15) is 21.6 Å². The summed E-state index contributed by atoms with van der Waals surface area (Å²) in [5.74, 6) is -3.88. The van der Waals surface area contributed by atoms with Crippen LogP contribution in [0.25, 0.3) is 17.2 Å². The third-order valence-corrected chi connectivity index (χ3v) is 6.26. The van der Waals surface area contributed by atoms with Gasteiger partial charge >= 0.3 is 0 Å². The lowest BCUT2D eigenvalue weighted by Gasteiger charge is -2.16. The molecule has 0 aliphatic carbocycles. The zero-order chi connectivity index (χ0) is 23.6. The number of rotatable bonds is 7. The van der Waals surface area contributed by atoms with E-state index in [1.54, 1.807) is 24.3 Å². The Kier molecular flexibility index (Phi) is 6.61. The average Bonchev–Trinajstić information content (AvgIpc) is 2.77. The summed E-state index contributed by atoms with van der Waals surface area (Å²) >= 11 is 5.80. The van der Waals surface area contributed by atoms with Crippen molar-refractivity contribution in [2.45, 2.75) is 4.90 Å². The van der Waals surface area contributed by atoms with Gasteiger partial charge in [0.25, 0.3) is 10.0 Å². The molecule has 0 heterocycles. The molecule has 0 aliphatic rings. The fourth-order valence-electron chi connectivity index (χ4n) is 3.03. The number of sulfonamides is 1. The second-order valence-electron chi connectivity index (χ2n) is 6.45. The summed E-state index contributed by atoms with van der Waals surface area (Å²) in [5, 5.41) is -0.738. The summed E-state index contributed by atoms with van der Waals surface area (Å²) < 4.78 is 75.9. The Morgan fingerprint density at radius 1 is 1.03 bits per heavy atom. The van der Waals surface area contributed by atoms with Crippen molar-refractivity contribution < 1.29 is 31.1 Å². The van der Waals surface area contributed by atoms with Crippen LogP contribution in [0.3, 0.4) is 0 Å². The molecule has 10 heteroatoms. The van der Waals surface area contributed by atoms with Crippen LogP contribution in [-0.4, -0.2) is 21.8 Å².